The van der Waals surface area contributed by atoms with Crippen molar-refractivity contribution in [3.05, 3.63) is 0 Å². The number of hydrogen-bond donors (Lipinski definition) is 2. The number of rotatable bonds is 6. The molecule has 0 amide bonds. The number of nitrogens with one attached hydrogen (secondary N) is 1. The third kappa shape index (κ3) is 2.82. The Morgan fingerprint density at radius 2 is 1.83 bits per heavy atom. The van der Waals surface area contributed by atoms with E-state index in [1.54, 1.807) is 0 Å². The van der Waals surface area contributed by atoms with Crippen molar-refractivity contribution >= 4 is 11.8 Å². The highest BCUT2D eigenvalue weighted by molar-refractivity contribution is 5.86. The van der Waals surface area contributed by atoms with Crippen LogP contribution in [0.5, 0.6) is 0 Å². The SMILES string of the molecule is COC(=O)C12CC3CC(C1)C(NCC(=O)C(C)(C)CN)C(C3)C2. The van der Waals surface area contributed by atoms with Crippen LogP contribution >= 0.6 is 0 Å². The molecule has 0 aliphatic heterocycles. The number of ether oxygens (including phenoxy) is 1. The van der Waals surface area contributed by atoms with Gasteiger partial charge < -0.3 is 15.8 Å². The zero-order valence-corrected chi connectivity index (χ0v) is 14.6. The van der Waals surface area contributed by atoms with Crippen molar-refractivity contribution in [1.29, 1.82) is 0 Å². The molecule has 2 atom stereocenters. The molecule has 0 aromatic heterocycles. The molecule has 3 N–H and O–H groups in total. The molecule has 4 rings (SSSR count). The highest BCUT2D eigenvalue weighted by atomic mass is 16.5. The highest BCUT2D eigenvalue weighted by Gasteiger charge is 2.58. The molecule has 2 unspecified atom stereocenters. The summed E-state index contributed by atoms with van der Waals surface area (Å²) in [7, 11) is 1.50. The fourth-order valence-corrected chi connectivity index (χ4v) is 5.39. The second-order valence-electron chi connectivity index (χ2n) is 8.66. The highest BCUT2D eigenvalue weighted by Crippen LogP contribution is 2.60. The Bertz CT molecular complexity index is 486. The third-order valence-corrected chi connectivity index (χ3v) is 6.66. The first-order valence-electron chi connectivity index (χ1n) is 8.86. The minimum Gasteiger partial charge on any atom is -0.469 e. The number of methoxy groups -OCH3 is 1. The van der Waals surface area contributed by atoms with E-state index in [0.717, 1.165) is 19.3 Å². The van der Waals surface area contributed by atoms with Gasteiger partial charge in [0.05, 0.1) is 19.1 Å². The number of carbonyl (C=O) groups excluding carboxylic acids is 2. The van der Waals surface area contributed by atoms with Gasteiger partial charge in [0.25, 0.3) is 0 Å². The molecule has 5 heteroatoms. The van der Waals surface area contributed by atoms with Gasteiger partial charge in [-0.3, -0.25) is 9.59 Å². The van der Waals surface area contributed by atoms with Crippen LogP contribution < -0.4 is 11.1 Å². The number of ketones is 1. The molecule has 0 radical (unpaired) electrons. The van der Waals surface area contributed by atoms with Crippen LogP contribution in [0.25, 0.3) is 0 Å². The lowest BCUT2D eigenvalue weighted by atomic mass is 9.48. The maximum absolute atomic E-state index is 12.3. The Morgan fingerprint density at radius 3 is 2.35 bits per heavy atom. The molecule has 4 bridgehead atoms. The average Bonchev–Trinajstić information content (AvgIpc) is 2.52. The maximum Gasteiger partial charge on any atom is 0.311 e. The molecule has 130 valence electrons. The summed E-state index contributed by atoms with van der Waals surface area (Å²) in [5.74, 6) is 1.80. The van der Waals surface area contributed by atoms with E-state index < -0.39 is 5.41 Å². The van der Waals surface area contributed by atoms with E-state index >= 15 is 0 Å². The topological polar surface area (TPSA) is 81.4 Å². The first-order chi connectivity index (χ1) is 10.8. The van der Waals surface area contributed by atoms with Gasteiger partial charge in [-0.05, 0) is 49.9 Å². The number of esters is 1. The Labute approximate surface area is 138 Å². The van der Waals surface area contributed by atoms with E-state index in [2.05, 4.69) is 5.32 Å². The van der Waals surface area contributed by atoms with Gasteiger partial charge in [-0.1, -0.05) is 13.8 Å². The Morgan fingerprint density at radius 1 is 1.22 bits per heavy atom. The molecule has 4 fully saturated rings. The normalized spacial score (nSPS) is 38.6. The lowest BCUT2D eigenvalue weighted by Crippen LogP contribution is -2.61. The van der Waals surface area contributed by atoms with Crippen LogP contribution in [0.15, 0.2) is 0 Å². The van der Waals surface area contributed by atoms with E-state index in [0.29, 0.717) is 36.9 Å². The summed E-state index contributed by atoms with van der Waals surface area (Å²) in [6.07, 6.45) is 5.19. The van der Waals surface area contributed by atoms with Crippen molar-refractivity contribution in [3.8, 4) is 0 Å². The van der Waals surface area contributed by atoms with Crippen molar-refractivity contribution < 1.29 is 14.3 Å². The average molecular weight is 322 g/mol. The molecule has 0 saturated heterocycles. The van der Waals surface area contributed by atoms with E-state index in [4.69, 9.17) is 10.5 Å². The number of nitrogens with two attached hydrogens (primary N) is 1. The van der Waals surface area contributed by atoms with E-state index in [9.17, 15) is 9.59 Å². The van der Waals surface area contributed by atoms with E-state index in [1.165, 1.54) is 20.0 Å². The molecule has 0 aromatic rings. The predicted molar refractivity (Wildman–Crippen MR) is 87.6 cm³/mol. The van der Waals surface area contributed by atoms with E-state index in [-0.39, 0.29) is 17.2 Å². The summed E-state index contributed by atoms with van der Waals surface area (Å²) in [6.45, 7) is 4.57. The lowest BCUT2D eigenvalue weighted by molar-refractivity contribution is -0.171. The number of carbonyl (C=O) groups is 2. The Balaban J connectivity index is 1.66. The standard InChI is InChI=1S/C18H30N2O3/c1-17(2,10-19)14(21)9-20-15-12-4-11-5-13(15)8-18(6-11,7-12)16(22)23-3/h11-13,15,20H,4-10,19H2,1-3H3. The van der Waals surface area contributed by atoms with Gasteiger partial charge >= 0.3 is 5.97 Å². The van der Waals surface area contributed by atoms with Crippen molar-refractivity contribution in [2.75, 3.05) is 20.2 Å². The molecule has 0 spiro atoms. The molecule has 0 aromatic carbocycles. The number of Topliss-reactive ketones (excluding diaryl/α,β-unsaturated/α-hetero) is 1. The van der Waals surface area contributed by atoms with Crippen LogP contribution in [0.2, 0.25) is 0 Å². The summed E-state index contributed by atoms with van der Waals surface area (Å²) in [4.78, 5) is 24.6. The summed E-state index contributed by atoms with van der Waals surface area (Å²) in [5.41, 5.74) is 4.99. The van der Waals surface area contributed by atoms with E-state index in [1.807, 2.05) is 13.8 Å². The van der Waals surface area contributed by atoms with Gasteiger partial charge in [0.15, 0.2) is 5.78 Å². The zero-order chi connectivity index (χ0) is 16.8. The summed E-state index contributed by atoms with van der Waals surface area (Å²) in [6, 6.07) is 0.363. The maximum atomic E-state index is 12.3. The van der Waals surface area contributed by atoms with Gasteiger partial charge in [0.2, 0.25) is 0 Å². The van der Waals surface area contributed by atoms with Gasteiger partial charge in [0.1, 0.15) is 0 Å². The summed E-state index contributed by atoms with van der Waals surface area (Å²) >= 11 is 0. The second-order valence-corrected chi connectivity index (χ2v) is 8.66. The van der Waals surface area contributed by atoms with Crippen molar-refractivity contribution in [2.24, 2.45) is 34.3 Å². The molecule has 4 aliphatic carbocycles. The predicted octanol–water partition coefficient (Wildman–Crippen LogP) is 1.50. The van der Waals surface area contributed by atoms with Crippen LogP contribution in [0.4, 0.5) is 0 Å². The minimum atomic E-state index is -0.466. The second kappa shape index (κ2) is 5.85. The first-order valence-corrected chi connectivity index (χ1v) is 8.86. The smallest absolute Gasteiger partial charge is 0.311 e. The first kappa shape index (κ1) is 16.9. The Kier molecular flexibility index (Phi) is 4.30. The fraction of sp³-hybridized carbons (Fsp3) is 0.889. The van der Waals surface area contributed by atoms with Gasteiger partial charge in [-0.25, -0.2) is 0 Å². The van der Waals surface area contributed by atoms with Crippen LogP contribution in [-0.2, 0) is 14.3 Å². The van der Waals surface area contributed by atoms with Gasteiger partial charge in [-0.15, -0.1) is 0 Å². The van der Waals surface area contributed by atoms with Crippen LogP contribution in [0.1, 0.15) is 46.0 Å². The molecular weight excluding hydrogens is 292 g/mol. The van der Waals surface area contributed by atoms with Gasteiger partial charge in [0, 0.05) is 18.0 Å². The molecule has 23 heavy (non-hydrogen) atoms. The molecule has 0 heterocycles. The van der Waals surface area contributed by atoms with Crippen molar-refractivity contribution in [1.82, 2.24) is 5.32 Å². The number of hydrogen-bond acceptors (Lipinski definition) is 5. The van der Waals surface area contributed by atoms with Gasteiger partial charge in [-0.2, -0.15) is 0 Å². The van der Waals surface area contributed by atoms with Crippen LogP contribution in [0, 0.1) is 28.6 Å². The lowest BCUT2D eigenvalue weighted by Gasteiger charge is -2.58. The molecule has 5 nitrogen and oxygen atoms in total. The molecule has 4 saturated carbocycles. The van der Waals surface area contributed by atoms with Crippen LogP contribution in [-0.4, -0.2) is 38.0 Å². The third-order valence-electron chi connectivity index (χ3n) is 6.66. The van der Waals surface area contributed by atoms with Crippen molar-refractivity contribution in [2.45, 2.75) is 52.0 Å². The zero-order valence-electron chi connectivity index (χ0n) is 14.6. The monoisotopic (exact) mass is 322 g/mol. The fourth-order valence-electron chi connectivity index (χ4n) is 5.39. The summed E-state index contributed by atoms with van der Waals surface area (Å²) in [5, 5.41) is 3.52. The Hall–Kier alpha value is -0.940. The minimum absolute atomic E-state index is 0.0179. The van der Waals surface area contributed by atoms with Crippen LogP contribution in [0.3, 0.4) is 0 Å². The molecule has 4 aliphatic rings. The molecular formula is C18H30N2O3. The summed E-state index contributed by atoms with van der Waals surface area (Å²) < 4.78 is 5.10. The quantitative estimate of drug-likeness (QED) is 0.724. The van der Waals surface area contributed by atoms with Crippen molar-refractivity contribution in [3.63, 3.8) is 0 Å². The largest absolute Gasteiger partial charge is 0.469 e.